The van der Waals surface area contributed by atoms with Gasteiger partial charge >= 0.3 is 0 Å². The molecule has 0 aromatic carbocycles. The molecule has 0 aliphatic rings. The van der Waals surface area contributed by atoms with Crippen molar-refractivity contribution in [3.8, 4) is 0 Å². The average Bonchev–Trinajstić information content (AvgIpc) is 1.84. The summed E-state index contributed by atoms with van der Waals surface area (Å²) in [7, 11) is 4.27. The van der Waals surface area contributed by atoms with Crippen LogP contribution in [0.2, 0.25) is 0 Å². The monoisotopic (exact) mass is 129 g/mol. The molecule has 0 aromatic rings. The van der Waals surface area contributed by atoms with Crippen LogP contribution in [0.25, 0.3) is 0 Å². The van der Waals surface area contributed by atoms with Crippen molar-refractivity contribution in [2.24, 2.45) is 5.92 Å². The largest absolute Gasteiger partial charge is 0.306 e. The van der Waals surface area contributed by atoms with Gasteiger partial charge in [0, 0.05) is 6.04 Å². The van der Waals surface area contributed by atoms with Crippen molar-refractivity contribution in [1.29, 1.82) is 0 Å². The highest BCUT2D eigenvalue weighted by Crippen LogP contribution is 2.10. The van der Waals surface area contributed by atoms with Crippen LogP contribution in [0.3, 0.4) is 0 Å². The van der Waals surface area contributed by atoms with Gasteiger partial charge in [0.25, 0.3) is 0 Å². The van der Waals surface area contributed by atoms with Gasteiger partial charge in [0.15, 0.2) is 0 Å². The SMILES string of the molecule is CCC(C)C(C)N(C)C. The second kappa shape index (κ2) is 3.89. The lowest BCUT2D eigenvalue weighted by Crippen LogP contribution is -2.30. The lowest BCUT2D eigenvalue weighted by atomic mass is 10.0. The van der Waals surface area contributed by atoms with E-state index in [1.54, 1.807) is 0 Å². The van der Waals surface area contributed by atoms with Gasteiger partial charge in [0.05, 0.1) is 0 Å². The molecule has 0 N–H and O–H groups in total. The second-order valence-electron chi connectivity index (χ2n) is 3.09. The molecule has 0 radical (unpaired) electrons. The Hall–Kier alpha value is -0.0400. The van der Waals surface area contributed by atoms with E-state index in [-0.39, 0.29) is 0 Å². The number of nitrogens with zero attached hydrogens (tertiary/aromatic N) is 1. The third-order valence-electron chi connectivity index (χ3n) is 2.28. The smallest absolute Gasteiger partial charge is 0.00863 e. The maximum absolute atomic E-state index is 2.30. The number of rotatable bonds is 3. The van der Waals surface area contributed by atoms with Crippen LogP contribution in [-0.2, 0) is 0 Å². The van der Waals surface area contributed by atoms with E-state index >= 15 is 0 Å². The Bertz CT molecular complexity index is 69.0. The van der Waals surface area contributed by atoms with E-state index in [1.807, 2.05) is 0 Å². The zero-order chi connectivity index (χ0) is 7.44. The highest BCUT2D eigenvalue weighted by Gasteiger charge is 2.10. The molecule has 1 nitrogen and oxygen atoms in total. The summed E-state index contributed by atoms with van der Waals surface area (Å²) in [4.78, 5) is 2.27. The maximum Gasteiger partial charge on any atom is 0.00863 e. The molecule has 9 heavy (non-hydrogen) atoms. The fourth-order valence-corrected chi connectivity index (χ4v) is 0.850. The number of hydrogen-bond donors (Lipinski definition) is 0. The minimum absolute atomic E-state index is 0.718. The summed E-state index contributed by atoms with van der Waals surface area (Å²) < 4.78 is 0. The van der Waals surface area contributed by atoms with E-state index in [4.69, 9.17) is 0 Å². The molecule has 0 amide bonds. The summed E-state index contributed by atoms with van der Waals surface area (Å²) in [5.74, 6) is 0.819. The first-order chi connectivity index (χ1) is 4.09. The van der Waals surface area contributed by atoms with Gasteiger partial charge in [-0.1, -0.05) is 20.3 Å². The Labute approximate surface area is 59.1 Å². The molecule has 0 aliphatic carbocycles. The first-order valence-corrected chi connectivity index (χ1v) is 3.76. The van der Waals surface area contributed by atoms with Gasteiger partial charge in [-0.3, -0.25) is 0 Å². The molecule has 0 rings (SSSR count). The van der Waals surface area contributed by atoms with Crippen LogP contribution in [0.15, 0.2) is 0 Å². The van der Waals surface area contributed by atoms with E-state index in [9.17, 15) is 0 Å². The summed E-state index contributed by atoms with van der Waals surface area (Å²) in [5.41, 5.74) is 0. The molecule has 56 valence electrons. The van der Waals surface area contributed by atoms with Crippen LogP contribution >= 0.6 is 0 Å². The maximum atomic E-state index is 2.30. The topological polar surface area (TPSA) is 3.24 Å². The van der Waals surface area contributed by atoms with Crippen LogP contribution in [-0.4, -0.2) is 25.0 Å². The van der Waals surface area contributed by atoms with Gasteiger partial charge in [-0.25, -0.2) is 0 Å². The van der Waals surface area contributed by atoms with Crippen molar-refractivity contribution < 1.29 is 0 Å². The van der Waals surface area contributed by atoms with E-state index in [0.29, 0.717) is 0 Å². The van der Waals surface area contributed by atoms with Crippen molar-refractivity contribution in [3.63, 3.8) is 0 Å². The summed E-state index contributed by atoms with van der Waals surface area (Å²) in [5, 5.41) is 0. The Balaban J connectivity index is 3.58. The van der Waals surface area contributed by atoms with Gasteiger partial charge < -0.3 is 4.90 Å². The molecule has 0 saturated carbocycles. The Kier molecular flexibility index (Phi) is 3.87. The Morgan fingerprint density at radius 3 is 1.78 bits per heavy atom. The first kappa shape index (κ1) is 8.96. The molecule has 0 aliphatic heterocycles. The van der Waals surface area contributed by atoms with Gasteiger partial charge in [-0.05, 0) is 26.9 Å². The van der Waals surface area contributed by atoms with Gasteiger partial charge in [-0.2, -0.15) is 0 Å². The quantitative estimate of drug-likeness (QED) is 0.563. The average molecular weight is 129 g/mol. The van der Waals surface area contributed by atoms with Crippen LogP contribution < -0.4 is 0 Å². The molecule has 0 saturated heterocycles. The molecule has 0 heterocycles. The Morgan fingerprint density at radius 1 is 1.22 bits per heavy atom. The van der Waals surface area contributed by atoms with Gasteiger partial charge in [0.1, 0.15) is 0 Å². The molecule has 0 fully saturated rings. The van der Waals surface area contributed by atoms with Crippen LogP contribution in [0, 0.1) is 5.92 Å². The van der Waals surface area contributed by atoms with Crippen molar-refractivity contribution in [1.82, 2.24) is 4.90 Å². The normalized spacial score (nSPS) is 18.0. The molecule has 0 spiro atoms. The predicted octanol–water partition coefficient (Wildman–Crippen LogP) is 1.98. The molecular formula is C8H19N. The van der Waals surface area contributed by atoms with Gasteiger partial charge in [0.2, 0.25) is 0 Å². The lowest BCUT2D eigenvalue weighted by molar-refractivity contribution is 0.235. The Morgan fingerprint density at radius 2 is 1.67 bits per heavy atom. The highest BCUT2D eigenvalue weighted by molar-refractivity contribution is 4.65. The highest BCUT2D eigenvalue weighted by atomic mass is 15.1. The van der Waals surface area contributed by atoms with Crippen molar-refractivity contribution in [2.45, 2.75) is 33.2 Å². The molecule has 0 bridgehead atoms. The molecule has 1 heteroatoms. The molecular weight excluding hydrogens is 110 g/mol. The summed E-state index contributed by atoms with van der Waals surface area (Å²) in [6.45, 7) is 6.81. The number of hydrogen-bond acceptors (Lipinski definition) is 1. The van der Waals surface area contributed by atoms with Crippen LogP contribution in [0.5, 0.6) is 0 Å². The van der Waals surface area contributed by atoms with Crippen molar-refractivity contribution >= 4 is 0 Å². The van der Waals surface area contributed by atoms with E-state index in [1.165, 1.54) is 6.42 Å². The zero-order valence-corrected chi connectivity index (χ0v) is 7.31. The second-order valence-corrected chi connectivity index (χ2v) is 3.09. The third kappa shape index (κ3) is 2.85. The molecule has 2 atom stereocenters. The van der Waals surface area contributed by atoms with Gasteiger partial charge in [-0.15, -0.1) is 0 Å². The van der Waals surface area contributed by atoms with E-state index in [2.05, 4.69) is 39.8 Å². The zero-order valence-electron chi connectivity index (χ0n) is 7.31. The van der Waals surface area contributed by atoms with E-state index in [0.717, 1.165) is 12.0 Å². The predicted molar refractivity (Wildman–Crippen MR) is 42.6 cm³/mol. The summed E-state index contributed by atoms with van der Waals surface area (Å²) in [6.07, 6.45) is 1.28. The fraction of sp³-hybridized carbons (Fsp3) is 1.00. The third-order valence-corrected chi connectivity index (χ3v) is 2.28. The van der Waals surface area contributed by atoms with Crippen molar-refractivity contribution in [2.75, 3.05) is 14.1 Å². The lowest BCUT2D eigenvalue weighted by Gasteiger charge is -2.25. The minimum Gasteiger partial charge on any atom is -0.306 e. The van der Waals surface area contributed by atoms with Crippen LogP contribution in [0.4, 0.5) is 0 Å². The van der Waals surface area contributed by atoms with E-state index < -0.39 is 0 Å². The fourth-order valence-electron chi connectivity index (χ4n) is 0.850. The molecule has 0 aromatic heterocycles. The minimum atomic E-state index is 0.718. The van der Waals surface area contributed by atoms with Crippen LogP contribution in [0.1, 0.15) is 27.2 Å². The van der Waals surface area contributed by atoms with Crippen molar-refractivity contribution in [3.05, 3.63) is 0 Å². The summed E-state index contributed by atoms with van der Waals surface area (Å²) in [6, 6.07) is 0.718. The standard InChI is InChI=1S/C8H19N/c1-6-7(2)8(3)9(4)5/h7-8H,6H2,1-5H3. The first-order valence-electron chi connectivity index (χ1n) is 3.76. The summed E-state index contributed by atoms with van der Waals surface area (Å²) >= 11 is 0. The molecule has 2 unspecified atom stereocenters.